The normalized spacial score (nSPS) is 15.1. The third kappa shape index (κ3) is 4.56. The molecule has 1 aliphatic heterocycles. The molecule has 0 aliphatic carbocycles. The van der Waals surface area contributed by atoms with Crippen LogP contribution in [0.3, 0.4) is 0 Å². The number of rotatable bonds is 5. The van der Waals surface area contributed by atoms with Crippen molar-refractivity contribution in [3.63, 3.8) is 0 Å². The van der Waals surface area contributed by atoms with Crippen molar-refractivity contribution in [2.45, 2.75) is 13.1 Å². The Hall–Kier alpha value is -2.51. The molecule has 1 saturated heterocycles. The van der Waals surface area contributed by atoms with Crippen molar-refractivity contribution in [1.29, 1.82) is 0 Å². The first-order chi connectivity index (χ1) is 16.4. The van der Waals surface area contributed by atoms with Crippen LogP contribution in [0, 0.1) is 0 Å². The molecule has 4 nitrogen and oxygen atoms in total. The highest BCUT2D eigenvalue weighted by Gasteiger charge is 2.35. The van der Waals surface area contributed by atoms with E-state index in [1.165, 1.54) is 4.90 Å². The van der Waals surface area contributed by atoms with Crippen LogP contribution >= 0.6 is 50.9 Å². The Bertz CT molecular complexity index is 1460. The minimum absolute atomic E-state index is 0.230. The number of benzene rings is 3. The fourth-order valence-corrected chi connectivity index (χ4v) is 5.76. The highest BCUT2D eigenvalue weighted by molar-refractivity contribution is 9.10. The average molecular weight is 572 g/mol. The summed E-state index contributed by atoms with van der Waals surface area (Å²) < 4.78 is 2.96. The third-order valence-corrected chi connectivity index (χ3v) is 7.71. The number of hydrogen-bond acceptors (Lipinski definition) is 3. The van der Waals surface area contributed by atoms with Crippen LogP contribution in [0.4, 0.5) is 4.79 Å². The number of halogens is 3. The Balaban J connectivity index is 1.48. The molecule has 1 aliphatic rings. The van der Waals surface area contributed by atoms with E-state index in [9.17, 15) is 9.59 Å². The zero-order valence-corrected chi connectivity index (χ0v) is 21.6. The molecular weight excluding hydrogens is 555 g/mol. The van der Waals surface area contributed by atoms with Gasteiger partial charge in [-0.05, 0) is 53.7 Å². The molecule has 0 N–H and O–H groups in total. The van der Waals surface area contributed by atoms with Gasteiger partial charge in [-0.15, -0.1) is 0 Å². The highest BCUT2D eigenvalue weighted by Crippen LogP contribution is 2.36. The van der Waals surface area contributed by atoms with Crippen LogP contribution in [0.25, 0.3) is 17.0 Å². The van der Waals surface area contributed by atoms with Crippen molar-refractivity contribution in [3.05, 3.63) is 109 Å². The van der Waals surface area contributed by atoms with E-state index >= 15 is 0 Å². The van der Waals surface area contributed by atoms with E-state index < -0.39 is 0 Å². The predicted octanol–water partition coefficient (Wildman–Crippen LogP) is 8.00. The molecule has 1 fully saturated rings. The van der Waals surface area contributed by atoms with Gasteiger partial charge < -0.3 is 4.57 Å². The SMILES string of the molecule is O=C1S/C(=C\c2cn(Cc3c(Cl)cccc3Cl)c3ccccc23)C(=O)N1Cc1cccc(Br)c1. The van der Waals surface area contributed by atoms with Gasteiger partial charge in [0.2, 0.25) is 0 Å². The number of amides is 2. The summed E-state index contributed by atoms with van der Waals surface area (Å²) in [6.45, 7) is 0.714. The quantitative estimate of drug-likeness (QED) is 0.228. The first kappa shape index (κ1) is 23.2. The molecule has 1 aromatic heterocycles. The van der Waals surface area contributed by atoms with Gasteiger partial charge in [-0.1, -0.05) is 75.5 Å². The molecule has 34 heavy (non-hydrogen) atoms. The summed E-state index contributed by atoms with van der Waals surface area (Å²) in [6, 6.07) is 21.0. The zero-order valence-electron chi connectivity index (χ0n) is 17.7. The second-order valence-corrected chi connectivity index (χ2v) is 10.6. The molecule has 5 rings (SSSR count). The van der Waals surface area contributed by atoms with Crippen LogP contribution in [0.15, 0.2) is 82.3 Å². The van der Waals surface area contributed by atoms with Crippen molar-refractivity contribution in [3.8, 4) is 0 Å². The monoisotopic (exact) mass is 570 g/mol. The highest BCUT2D eigenvalue weighted by atomic mass is 79.9. The van der Waals surface area contributed by atoms with Gasteiger partial charge in [0.25, 0.3) is 11.1 Å². The second-order valence-electron chi connectivity index (χ2n) is 7.83. The number of carbonyl (C=O) groups excluding carboxylic acids is 2. The number of carbonyl (C=O) groups is 2. The summed E-state index contributed by atoms with van der Waals surface area (Å²) in [5, 5.41) is 1.90. The average Bonchev–Trinajstić information content (AvgIpc) is 3.29. The van der Waals surface area contributed by atoms with Crippen LogP contribution < -0.4 is 0 Å². The van der Waals surface area contributed by atoms with Gasteiger partial charge in [0.05, 0.1) is 18.0 Å². The summed E-state index contributed by atoms with van der Waals surface area (Å²) in [5.41, 5.74) is 3.54. The fraction of sp³-hybridized carbons (Fsp3) is 0.0769. The molecule has 2 heterocycles. The largest absolute Gasteiger partial charge is 0.342 e. The molecule has 0 atom stereocenters. The molecule has 0 saturated carbocycles. The maximum absolute atomic E-state index is 13.1. The van der Waals surface area contributed by atoms with Crippen molar-refractivity contribution in [2.75, 3.05) is 0 Å². The molecule has 2 amide bonds. The van der Waals surface area contributed by atoms with Gasteiger partial charge in [0, 0.05) is 42.7 Å². The molecule has 8 heteroatoms. The first-order valence-corrected chi connectivity index (χ1v) is 12.8. The van der Waals surface area contributed by atoms with Gasteiger partial charge in [0.1, 0.15) is 0 Å². The molecule has 0 bridgehead atoms. The Morgan fingerprint density at radius 1 is 0.912 bits per heavy atom. The summed E-state index contributed by atoms with van der Waals surface area (Å²) in [6.07, 6.45) is 3.76. The molecule has 3 aromatic carbocycles. The summed E-state index contributed by atoms with van der Waals surface area (Å²) in [5.74, 6) is -0.291. The lowest BCUT2D eigenvalue weighted by Crippen LogP contribution is -2.27. The van der Waals surface area contributed by atoms with Crippen LogP contribution in [0.5, 0.6) is 0 Å². The predicted molar refractivity (Wildman–Crippen MR) is 143 cm³/mol. The maximum atomic E-state index is 13.1. The van der Waals surface area contributed by atoms with Crippen LogP contribution in [0.2, 0.25) is 10.0 Å². The van der Waals surface area contributed by atoms with E-state index in [0.29, 0.717) is 21.5 Å². The molecule has 0 radical (unpaired) electrons. The van der Waals surface area contributed by atoms with E-state index in [1.54, 1.807) is 6.08 Å². The topological polar surface area (TPSA) is 42.3 Å². The number of thioether (sulfide) groups is 1. The lowest BCUT2D eigenvalue weighted by atomic mass is 10.1. The summed E-state index contributed by atoms with van der Waals surface area (Å²) >= 11 is 17.2. The van der Waals surface area contributed by atoms with Crippen molar-refractivity contribution >= 4 is 79.0 Å². The van der Waals surface area contributed by atoms with Gasteiger partial charge in [-0.3, -0.25) is 14.5 Å². The standard InChI is InChI=1S/C26H17BrCl2N2O2S/c27-18-6-3-5-16(11-18)13-31-25(32)24(34-26(31)33)12-17-14-30(23-10-2-1-7-19(17)23)15-20-21(28)8-4-9-22(20)29/h1-12,14H,13,15H2/b24-12-. The second kappa shape index (κ2) is 9.62. The molecule has 4 aromatic rings. The van der Waals surface area contributed by atoms with Gasteiger partial charge >= 0.3 is 0 Å². The van der Waals surface area contributed by atoms with E-state index in [0.717, 1.165) is 43.8 Å². The van der Waals surface area contributed by atoms with Crippen LogP contribution in [0.1, 0.15) is 16.7 Å². The Morgan fingerprint density at radius 2 is 1.65 bits per heavy atom. The lowest BCUT2D eigenvalue weighted by Gasteiger charge is -2.12. The number of hydrogen-bond donors (Lipinski definition) is 0. The van der Waals surface area contributed by atoms with Gasteiger partial charge in [-0.25, -0.2) is 0 Å². The fourth-order valence-electron chi connectivity index (χ4n) is 3.97. The van der Waals surface area contributed by atoms with Gasteiger partial charge in [-0.2, -0.15) is 0 Å². The number of nitrogens with zero attached hydrogens (tertiary/aromatic N) is 2. The smallest absolute Gasteiger partial charge is 0.293 e. The van der Waals surface area contributed by atoms with Crippen molar-refractivity contribution in [1.82, 2.24) is 9.47 Å². The van der Waals surface area contributed by atoms with E-state index in [-0.39, 0.29) is 17.7 Å². The molecule has 0 spiro atoms. The minimum atomic E-state index is -0.291. The molecule has 170 valence electrons. The molecule has 0 unspecified atom stereocenters. The minimum Gasteiger partial charge on any atom is -0.342 e. The van der Waals surface area contributed by atoms with E-state index in [2.05, 4.69) is 20.5 Å². The third-order valence-electron chi connectivity index (χ3n) is 5.60. The van der Waals surface area contributed by atoms with E-state index in [4.69, 9.17) is 23.2 Å². The first-order valence-electron chi connectivity index (χ1n) is 10.4. The summed E-state index contributed by atoms with van der Waals surface area (Å²) in [7, 11) is 0. The van der Waals surface area contributed by atoms with Crippen molar-refractivity contribution < 1.29 is 9.59 Å². The van der Waals surface area contributed by atoms with Crippen LogP contribution in [-0.4, -0.2) is 20.6 Å². The van der Waals surface area contributed by atoms with Crippen molar-refractivity contribution in [2.24, 2.45) is 0 Å². The summed E-state index contributed by atoms with van der Waals surface area (Å²) in [4.78, 5) is 27.4. The Kier molecular flexibility index (Phi) is 6.58. The number of fused-ring (bicyclic) bond motifs is 1. The van der Waals surface area contributed by atoms with E-state index in [1.807, 2.05) is 72.9 Å². The number of para-hydroxylation sites is 1. The van der Waals surface area contributed by atoms with Crippen LogP contribution in [-0.2, 0) is 17.9 Å². The number of imide groups is 1. The number of aromatic nitrogens is 1. The lowest BCUT2D eigenvalue weighted by molar-refractivity contribution is -0.123. The van der Waals surface area contributed by atoms with Gasteiger partial charge in [0.15, 0.2) is 0 Å². The zero-order chi connectivity index (χ0) is 23.8. The molecular formula is C26H17BrCl2N2O2S. The Morgan fingerprint density at radius 3 is 2.41 bits per heavy atom. The maximum Gasteiger partial charge on any atom is 0.293 e. The Labute approximate surface area is 219 Å².